The lowest BCUT2D eigenvalue weighted by molar-refractivity contribution is 0.0597. The number of carbonyl (C=O) groups excluding carboxylic acids is 2. The number of nitrogens with zero attached hydrogens (tertiary/aromatic N) is 1. The number of sulfonamides is 1. The molecule has 0 bridgehead atoms. The summed E-state index contributed by atoms with van der Waals surface area (Å²) in [5.74, 6) is -1.16. The Balaban J connectivity index is 1.90. The van der Waals surface area contributed by atoms with E-state index in [0.717, 1.165) is 10.6 Å². The summed E-state index contributed by atoms with van der Waals surface area (Å²) in [6.07, 6.45) is 1.04. The molecule has 1 aromatic heterocycles. The summed E-state index contributed by atoms with van der Waals surface area (Å²) >= 11 is 0. The van der Waals surface area contributed by atoms with E-state index in [1.807, 2.05) is 0 Å². The van der Waals surface area contributed by atoms with E-state index >= 15 is 0 Å². The first-order valence-corrected chi connectivity index (χ1v) is 13.2. The first-order chi connectivity index (χ1) is 18.0. The Morgan fingerprint density at radius 3 is 2.39 bits per heavy atom. The Morgan fingerprint density at radius 2 is 1.76 bits per heavy atom. The molecule has 0 saturated heterocycles. The SMILES string of the molecule is CNC(=O)c1c(-c2ccc(F)cc2)oc2cc(N(C)S(C)(=O)=O)c(OCc3ccccc3C(=O)OC)cc12. The quantitative estimate of drug-likeness (QED) is 0.330. The number of amides is 1. The molecule has 0 fully saturated rings. The highest BCUT2D eigenvalue weighted by atomic mass is 32.2. The molecule has 0 aliphatic carbocycles. The summed E-state index contributed by atoms with van der Waals surface area (Å²) in [4.78, 5) is 25.1. The number of anilines is 1. The zero-order valence-corrected chi connectivity index (χ0v) is 21.9. The monoisotopic (exact) mass is 540 g/mol. The second-order valence-corrected chi connectivity index (χ2v) is 10.4. The van der Waals surface area contributed by atoms with E-state index in [-0.39, 0.29) is 35.0 Å². The highest BCUT2D eigenvalue weighted by molar-refractivity contribution is 7.92. The second-order valence-electron chi connectivity index (χ2n) is 8.38. The van der Waals surface area contributed by atoms with Gasteiger partial charge in [0, 0.05) is 36.7 Å². The van der Waals surface area contributed by atoms with Crippen LogP contribution in [-0.4, -0.2) is 47.8 Å². The van der Waals surface area contributed by atoms with Gasteiger partial charge in [-0.15, -0.1) is 0 Å². The summed E-state index contributed by atoms with van der Waals surface area (Å²) in [5, 5.41) is 2.93. The normalized spacial score (nSPS) is 11.3. The van der Waals surface area contributed by atoms with Gasteiger partial charge in [-0.05, 0) is 36.4 Å². The molecule has 9 nitrogen and oxygen atoms in total. The van der Waals surface area contributed by atoms with Gasteiger partial charge in [-0.2, -0.15) is 0 Å². The molecular weight excluding hydrogens is 515 g/mol. The molecule has 11 heteroatoms. The first kappa shape index (κ1) is 26.7. The Kier molecular flexibility index (Phi) is 7.40. The van der Waals surface area contributed by atoms with Crippen molar-refractivity contribution in [3.63, 3.8) is 0 Å². The van der Waals surface area contributed by atoms with E-state index in [0.29, 0.717) is 22.1 Å². The van der Waals surface area contributed by atoms with Gasteiger partial charge < -0.3 is 19.2 Å². The van der Waals surface area contributed by atoms with E-state index in [1.54, 1.807) is 24.3 Å². The van der Waals surface area contributed by atoms with Crippen LogP contribution >= 0.6 is 0 Å². The van der Waals surface area contributed by atoms with Crippen molar-refractivity contribution >= 4 is 38.6 Å². The summed E-state index contributed by atoms with van der Waals surface area (Å²) < 4.78 is 56.3. The zero-order chi connectivity index (χ0) is 27.6. The number of hydrogen-bond donors (Lipinski definition) is 1. The van der Waals surface area contributed by atoms with E-state index in [1.165, 1.54) is 57.6 Å². The zero-order valence-electron chi connectivity index (χ0n) is 21.1. The molecule has 0 aliphatic heterocycles. The van der Waals surface area contributed by atoms with Crippen molar-refractivity contribution in [1.82, 2.24) is 5.32 Å². The highest BCUT2D eigenvalue weighted by Crippen LogP contribution is 2.41. The number of carbonyl (C=O) groups is 2. The molecule has 38 heavy (non-hydrogen) atoms. The summed E-state index contributed by atoms with van der Waals surface area (Å²) in [6.45, 7) is -0.0979. The van der Waals surface area contributed by atoms with Gasteiger partial charge in [0.05, 0.1) is 30.2 Å². The van der Waals surface area contributed by atoms with E-state index in [2.05, 4.69) is 5.32 Å². The molecule has 198 valence electrons. The smallest absolute Gasteiger partial charge is 0.338 e. The molecule has 0 spiro atoms. The fraction of sp³-hybridized carbons (Fsp3) is 0.185. The predicted molar refractivity (Wildman–Crippen MR) is 140 cm³/mol. The molecule has 0 radical (unpaired) electrons. The molecule has 1 N–H and O–H groups in total. The summed E-state index contributed by atoms with van der Waals surface area (Å²) in [7, 11) is 0.366. The van der Waals surface area contributed by atoms with Crippen LogP contribution < -0.4 is 14.4 Å². The van der Waals surface area contributed by atoms with Gasteiger partial charge in [0.2, 0.25) is 10.0 Å². The van der Waals surface area contributed by atoms with Crippen LogP contribution in [0.25, 0.3) is 22.3 Å². The van der Waals surface area contributed by atoms with Crippen molar-refractivity contribution in [3.05, 3.63) is 83.2 Å². The number of ether oxygens (including phenoxy) is 2. The number of hydrogen-bond acceptors (Lipinski definition) is 7. The molecule has 0 atom stereocenters. The van der Waals surface area contributed by atoms with Crippen LogP contribution in [0.5, 0.6) is 5.75 Å². The third kappa shape index (κ3) is 5.18. The molecule has 4 aromatic rings. The van der Waals surface area contributed by atoms with Gasteiger partial charge in [0.15, 0.2) is 0 Å². The highest BCUT2D eigenvalue weighted by Gasteiger charge is 2.26. The predicted octanol–water partition coefficient (Wildman–Crippen LogP) is 4.36. The maximum Gasteiger partial charge on any atom is 0.338 e. The minimum atomic E-state index is -3.72. The maximum atomic E-state index is 13.5. The van der Waals surface area contributed by atoms with E-state index < -0.39 is 27.7 Å². The maximum absolute atomic E-state index is 13.5. The molecule has 0 saturated carbocycles. The van der Waals surface area contributed by atoms with Gasteiger partial charge in [-0.1, -0.05) is 18.2 Å². The van der Waals surface area contributed by atoms with Crippen molar-refractivity contribution in [2.24, 2.45) is 0 Å². The number of rotatable bonds is 8. The number of halogens is 1. The number of benzene rings is 3. The van der Waals surface area contributed by atoms with Gasteiger partial charge in [-0.3, -0.25) is 9.10 Å². The fourth-order valence-corrected chi connectivity index (χ4v) is 4.42. The van der Waals surface area contributed by atoms with Crippen molar-refractivity contribution in [2.75, 3.05) is 31.8 Å². The molecule has 0 unspecified atom stereocenters. The summed E-state index contributed by atoms with van der Waals surface area (Å²) in [6, 6.07) is 15.1. The minimum Gasteiger partial charge on any atom is -0.487 e. The third-order valence-electron chi connectivity index (χ3n) is 5.97. The fourth-order valence-electron chi connectivity index (χ4n) is 3.92. The Bertz CT molecular complexity index is 1630. The number of fused-ring (bicyclic) bond motifs is 1. The van der Waals surface area contributed by atoms with Crippen molar-refractivity contribution in [3.8, 4) is 17.1 Å². The summed E-state index contributed by atoms with van der Waals surface area (Å²) in [5.41, 5.74) is 1.80. The average molecular weight is 541 g/mol. The Hall–Kier alpha value is -4.38. The number of esters is 1. The van der Waals surface area contributed by atoms with Crippen LogP contribution in [0, 0.1) is 5.82 Å². The standard InChI is InChI=1S/C27H25FN2O7S/c1-29-26(31)24-20-13-23(36-15-17-7-5-6-8-19(17)27(32)35-3)21(30(2)38(4,33)34)14-22(20)37-25(24)16-9-11-18(28)12-10-16/h5-14H,15H2,1-4H3,(H,29,31). The van der Waals surface area contributed by atoms with Crippen LogP contribution in [0.3, 0.4) is 0 Å². The van der Waals surface area contributed by atoms with Gasteiger partial charge in [-0.25, -0.2) is 17.6 Å². The number of nitrogens with one attached hydrogen (secondary N) is 1. The van der Waals surface area contributed by atoms with E-state index in [9.17, 15) is 22.4 Å². The van der Waals surface area contributed by atoms with Crippen LogP contribution in [0.15, 0.2) is 65.1 Å². The van der Waals surface area contributed by atoms with Crippen molar-refractivity contribution in [1.29, 1.82) is 0 Å². The Morgan fingerprint density at radius 1 is 1.08 bits per heavy atom. The van der Waals surface area contributed by atoms with Crippen molar-refractivity contribution in [2.45, 2.75) is 6.61 Å². The molecular formula is C27H25FN2O7S. The molecule has 3 aromatic carbocycles. The lowest BCUT2D eigenvalue weighted by Gasteiger charge is -2.21. The molecule has 1 amide bonds. The van der Waals surface area contributed by atoms with Crippen molar-refractivity contribution < 1.29 is 36.3 Å². The largest absolute Gasteiger partial charge is 0.487 e. The second kappa shape index (κ2) is 10.5. The van der Waals surface area contributed by atoms with Gasteiger partial charge in [0.25, 0.3) is 5.91 Å². The minimum absolute atomic E-state index is 0.0979. The van der Waals surface area contributed by atoms with Gasteiger partial charge in [0.1, 0.15) is 29.5 Å². The van der Waals surface area contributed by atoms with Crippen LogP contribution in [0.2, 0.25) is 0 Å². The molecule has 1 heterocycles. The molecule has 4 rings (SSSR count). The first-order valence-electron chi connectivity index (χ1n) is 11.4. The van der Waals surface area contributed by atoms with E-state index in [4.69, 9.17) is 13.9 Å². The van der Waals surface area contributed by atoms with Crippen LogP contribution in [0.4, 0.5) is 10.1 Å². The lowest BCUT2D eigenvalue weighted by atomic mass is 10.0. The number of methoxy groups -OCH3 is 1. The number of furan rings is 1. The topological polar surface area (TPSA) is 115 Å². The molecule has 0 aliphatic rings. The van der Waals surface area contributed by atoms with Gasteiger partial charge >= 0.3 is 5.97 Å². The van der Waals surface area contributed by atoms with Crippen LogP contribution in [-0.2, 0) is 21.4 Å². The lowest BCUT2D eigenvalue weighted by Crippen LogP contribution is -2.25. The Labute approximate surface area is 218 Å². The average Bonchev–Trinajstić information content (AvgIpc) is 3.28. The third-order valence-corrected chi connectivity index (χ3v) is 7.16. The van der Waals surface area contributed by atoms with Crippen LogP contribution in [0.1, 0.15) is 26.3 Å².